The molecule has 0 aliphatic carbocycles. The van der Waals surface area contributed by atoms with E-state index in [2.05, 4.69) is 9.99 Å². The Balaban J connectivity index is 3.26. The van der Waals surface area contributed by atoms with Crippen molar-refractivity contribution in [1.82, 2.24) is 4.73 Å². The van der Waals surface area contributed by atoms with Crippen molar-refractivity contribution in [3.05, 3.63) is 15.9 Å². The lowest BCUT2D eigenvalue weighted by Gasteiger charge is -2.00. The number of hydrogen-bond acceptors (Lipinski definition) is 6. The molecule has 0 radical (unpaired) electrons. The molecule has 1 heterocycles. The molecule has 1 aromatic rings. The third-order valence-electron chi connectivity index (χ3n) is 1.36. The molecule has 0 aromatic carbocycles. The summed E-state index contributed by atoms with van der Waals surface area (Å²) >= 11 is 0.938. The van der Waals surface area contributed by atoms with Crippen LogP contribution in [0.15, 0.2) is 10.5 Å². The molecule has 7 nitrogen and oxygen atoms in total. The number of rotatable bonds is 3. The Hall–Kier alpha value is -1.83. The number of hydrogen-bond donors (Lipinski definition) is 3. The molecule has 0 spiro atoms. The highest BCUT2D eigenvalue weighted by Crippen LogP contribution is 2.02. The Kier molecular flexibility index (Phi) is 2.87. The molecule has 0 bridgehead atoms. The van der Waals surface area contributed by atoms with Gasteiger partial charge in [-0.2, -0.15) is 4.73 Å². The minimum absolute atomic E-state index is 0.0364. The highest BCUT2D eigenvalue weighted by molar-refractivity contribution is 7.07. The Morgan fingerprint density at radius 1 is 1.86 bits per heavy atom. The van der Waals surface area contributed by atoms with E-state index in [1.54, 1.807) is 0 Å². The summed E-state index contributed by atoms with van der Waals surface area (Å²) in [5.41, 5.74) is 4.81. The van der Waals surface area contributed by atoms with Crippen molar-refractivity contribution in [3.63, 3.8) is 0 Å². The first-order chi connectivity index (χ1) is 6.57. The number of aromatic nitrogens is 1. The third-order valence-corrected chi connectivity index (χ3v) is 2.10. The van der Waals surface area contributed by atoms with E-state index in [9.17, 15) is 10.0 Å². The van der Waals surface area contributed by atoms with E-state index in [-0.39, 0.29) is 16.2 Å². The number of nitrogens with one attached hydrogen (secondary N) is 1. The topological polar surface area (TPSA) is 114 Å². The molecule has 0 fully saturated rings. The van der Waals surface area contributed by atoms with Gasteiger partial charge in [-0.3, -0.25) is 10.2 Å². The van der Waals surface area contributed by atoms with Crippen LogP contribution in [0.25, 0.3) is 0 Å². The van der Waals surface area contributed by atoms with Crippen molar-refractivity contribution in [2.45, 2.75) is 0 Å². The van der Waals surface area contributed by atoms with Crippen molar-refractivity contribution < 1.29 is 14.8 Å². The van der Waals surface area contributed by atoms with Gasteiger partial charge in [0.15, 0.2) is 5.71 Å². The predicted octanol–water partition coefficient (Wildman–Crippen LogP) is -0.898. The molecule has 0 atom stereocenters. The molecular formula is C6H8N4O3S. The van der Waals surface area contributed by atoms with Gasteiger partial charge < -0.3 is 15.8 Å². The highest BCUT2D eigenvalue weighted by Gasteiger charge is 2.17. The molecule has 76 valence electrons. The molecule has 0 aliphatic heterocycles. The zero-order valence-corrected chi connectivity index (χ0v) is 8.04. The van der Waals surface area contributed by atoms with Gasteiger partial charge in [-0.25, -0.2) is 0 Å². The van der Waals surface area contributed by atoms with Crippen molar-refractivity contribution in [1.29, 1.82) is 5.41 Å². The Morgan fingerprint density at radius 2 is 2.50 bits per heavy atom. The van der Waals surface area contributed by atoms with Gasteiger partial charge in [0.2, 0.25) is 4.80 Å². The van der Waals surface area contributed by atoms with E-state index in [1.807, 2.05) is 0 Å². The standard InChI is InChI=1S/C6H8N4O3S/c1-13-9-4(5(7)11)3-2-14-6(8)10(3)12/h2,8,12H,1H3,(H2,7,11). The molecule has 8 heteroatoms. The lowest BCUT2D eigenvalue weighted by Crippen LogP contribution is -2.28. The average Bonchev–Trinajstić information content (AvgIpc) is 2.44. The van der Waals surface area contributed by atoms with Crippen LogP contribution in [0.2, 0.25) is 0 Å². The zero-order valence-electron chi connectivity index (χ0n) is 7.22. The first kappa shape index (κ1) is 10.3. The number of nitrogens with two attached hydrogens (primary N) is 1. The number of carbonyl (C=O) groups excluding carboxylic acids is 1. The SMILES string of the molecule is CON=C(C(N)=O)c1csc(=N)n1O. The molecule has 1 rings (SSSR count). The van der Waals surface area contributed by atoms with E-state index in [4.69, 9.17) is 11.1 Å². The van der Waals surface area contributed by atoms with Crippen LogP contribution >= 0.6 is 11.3 Å². The minimum atomic E-state index is -0.840. The van der Waals surface area contributed by atoms with Crippen LogP contribution in [0.1, 0.15) is 5.69 Å². The van der Waals surface area contributed by atoms with E-state index >= 15 is 0 Å². The molecule has 4 N–H and O–H groups in total. The summed E-state index contributed by atoms with van der Waals surface area (Å²) in [6.45, 7) is 0. The van der Waals surface area contributed by atoms with Gasteiger partial charge in [-0.15, -0.1) is 11.3 Å². The van der Waals surface area contributed by atoms with Crippen LogP contribution in [0.5, 0.6) is 0 Å². The fourth-order valence-corrected chi connectivity index (χ4v) is 1.42. The second kappa shape index (κ2) is 3.92. The summed E-state index contributed by atoms with van der Waals surface area (Å²) in [6.07, 6.45) is 0. The summed E-state index contributed by atoms with van der Waals surface area (Å²) < 4.78 is 0.507. The Bertz CT molecular complexity index is 433. The molecule has 0 saturated heterocycles. The zero-order chi connectivity index (χ0) is 10.7. The Morgan fingerprint density at radius 3 is 2.86 bits per heavy atom. The largest absolute Gasteiger partial charge is 0.425 e. The van der Waals surface area contributed by atoms with E-state index in [1.165, 1.54) is 12.5 Å². The molecule has 0 aliphatic rings. The second-order valence-electron chi connectivity index (χ2n) is 2.22. The average molecular weight is 216 g/mol. The van der Waals surface area contributed by atoms with Gasteiger partial charge in [0, 0.05) is 5.38 Å². The summed E-state index contributed by atoms with van der Waals surface area (Å²) in [7, 11) is 1.25. The first-order valence-electron chi connectivity index (χ1n) is 3.43. The molecule has 1 aromatic heterocycles. The molecular weight excluding hydrogens is 208 g/mol. The van der Waals surface area contributed by atoms with Crippen LogP contribution in [0, 0.1) is 5.41 Å². The predicted molar refractivity (Wildman–Crippen MR) is 48.1 cm³/mol. The summed E-state index contributed by atoms with van der Waals surface area (Å²) in [5.74, 6) is -0.840. The number of primary amides is 1. The smallest absolute Gasteiger partial charge is 0.273 e. The molecule has 0 saturated carbocycles. The van der Waals surface area contributed by atoms with Crippen molar-refractivity contribution in [2.24, 2.45) is 10.9 Å². The van der Waals surface area contributed by atoms with Gasteiger partial charge in [0.1, 0.15) is 12.8 Å². The number of thiazole rings is 1. The second-order valence-corrected chi connectivity index (χ2v) is 3.08. The van der Waals surface area contributed by atoms with Crippen LogP contribution in [-0.4, -0.2) is 28.7 Å². The third kappa shape index (κ3) is 1.74. The van der Waals surface area contributed by atoms with Gasteiger partial charge in [0.25, 0.3) is 5.91 Å². The summed E-state index contributed by atoms with van der Waals surface area (Å²) in [5, 5.41) is 21.2. The number of nitrogens with zero attached hydrogens (tertiary/aromatic N) is 2. The van der Waals surface area contributed by atoms with Crippen LogP contribution in [-0.2, 0) is 9.63 Å². The van der Waals surface area contributed by atoms with Gasteiger partial charge in [-0.1, -0.05) is 5.16 Å². The monoisotopic (exact) mass is 216 g/mol. The van der Waals surface area contributed by atoms with Crippen LogP contribution < -0.4 is 10.5 Å². The van der Waals surface area contributed by atoms with Crippen molar-refractivity contribution in [3.8, 4) is 0 Å². The normalized spacial score (nSPS) is 11.4. The minimum Gasteiger partial charge on any atom is -0.425 e. The fraction of sp³-hybridized carbons (Fsp3) is 0.167. The van der Waals surface area contributed by atoms with Crippen LogP contribution in [0.4, 0.5) is 0 Å². The summed E-state index contributed by atoms with van der Waals surface area (Å²) in [6, 6.07) is 0. The van der Waals surface area contributed by atoms with Gasteiger partial charge in [0.05, 0.1) is 0 Å². The van der Waals surface area contributed by atoms with Crippen LogP contribution in [0.3, 0.4) is 0 Å². The maximum Gasteiger partial charge on any atom is 0.273 e. The Labute approximate surface area is 82.5 Å². The van der Waals surface area contributed by atoms with E-state index in [0.717, 1.165) is 11.3 Å². The molecule has 1 amide bonds. The number of carbonyl (C=O) groups is 1. The fourth-order valence-electron chi connectivity index (χ4n) is 0.786. The molecule has 0 unspecified atom stereocenters. The maximum absolute atomic E-state index is 10.9. The highest BCUT2D eigenvalue weighted by atomic mass is 32.1. The first-order valence-corrected chi connectivity index (χ1v) is 4.31. The van der Waals surface area contributed by atoms with Gasteiger partial charge in [-0.05, 0) is 0 Å². The van der Waals surface area contributed by atoms with Crippen molar-refractivity contribution in [2.75, 3.05) is 7.11 Å². The maximum atomic E-state index is 10.9. The number of amides is 1. The number of oxime groups is 1. The lowest BCUT2D eigenvalue weighted by molar-refractivity contribution is -0.112. The lowest BCUT2D eigenvalue weighted by atomic mass is 10.3. The van der Waals surface area contributed by atoms with Crippen molar-refractivity contribution >= 4 is 23.0 Å². The van der Waals surface area contributed by atoms with E-state index < -0.39 is 5.91 Å². The van der Waals surface area contributed by atoms with Gasteiger partial charge >= 0.3 is 0 Å². The molecule has 14 heavy (non-hydrogen) atoms. The van der Waals surface area contributed by atoms with E-state index in [0.29, 0.717) is 4.73 Å². The quantitative estimate of drug-likeness (QED) is 0.345. The summed E-state index contributed by atoms with van der Waals surface area (Å²) in [4.78, 5) is 15.1.